The Bertz CT molecular complexity index is 408. The van der Waals surface area contributed by atoms with Gasteiger partial charge in [-0.05, 0) is 37.3 Å². The van der Waals surface area contributed by atoms with Gasteiger partial charge in [-0.3, -0.25) is 9.59 Å². The second kappa shape index (κ2) is 5.70. The Balaban J connectivity index is 2.72. The zero-order valence-electron chi connectivity index (χ0n) is 9.28. The van der Waals surface area contributed by atoms with Gasteiger partial charge in [-0.1, -0.05) is 6.08 Å². The predicted molar refractivity (Wildman–Crippen MR) is 63.3 cm³/mol. The molecule has 0 heterocycles. The van der Waals surface area contributed by atoms with E-state index in [0.29, 0.717) is 11.3 Å². The van der Waals surface area contributed by atoms with Crippen LogP contribution in [0.15, 0.2) is 36.4 Å². The molecule has 0 saturated heterocycles. The van der Waals surface area contributed by atoms with E-state index in [1.165, 1.54) is 6.08 Å². The summed E-state index contributed by atoms with van der Waals surface area (Å²) < 4.78 is 0. The minimum Gasteiger partial charge on any atom is -0.355 e. The molecule has 4 heteroatoms. The first kappa shape index (κ1) is 12.0. The molecule has 84 valence electrons. The van der Waals surface area contributed by atoms with Crippen molar-refractivity contribution in [3.05, 3.63) is 42.0 Å². The minimum atomic E-state index is -0.185. The number of amides is 2. The van der Waals surface area contributed by atoms with Gasteiger partial charge in [-0.2, -0.15) is 0 Å². The molecular weight excluding hydrogens is 204 g/mol. The molecule has 0 bridgehead atoms. The van der Waals surface area contributed by atoms with Crippen LogP contribution in [-0.2, 0) is 4.79 Å². The van der Waals surface area contributed by atoms with Crippen molar-refractivity contribution in [2.45, 2.75) is 6.92 Å². The van der Waals surface area contributed by atoms with Crippen molar-refractivity contribution in [3.8, 4) is 0 Å². The second-order valence-electron chi connectivity index (χ2n) is 3.15. The fraction of sp³-hybridized carbons (Fsp3) is 0.167. The Morgan fingerprint density at radius 1 is 1.19 bits per heavy atom. The van der Waals surface area contributed by atoms with E-state index in [-0.39, 0.29) is 11.8 Å². The first-order valence-corrected chi connectivity index (χ1v) is 4.93. The molecule has 2 N–H and O–H groups in total. The normalized spacial score (nSPS) is 10.1. The van der Waals surface area contributed by atoms with E-state index in [4.69, 9.17) is 0 Å². The van der Waals surface area contributed by atoms with Crippen LogP contribution in [0.3, 0.4) is 0 Å². The van der Waals surface area contributed by atoms with Gasteiger partial charge in [0.15, 0.2) is 0 Å². The highest BCUT2D eigenvalue weighted by Crippen LogP contribution is 2.09. The van der Waals surface area contributed by atoms with Gasteiger partial charge in [-0.25, -0.2) is 0 Å². The molecule has 0 aliphatic carbocycles. The lowest BCUT2D eigenvalue weighted by atomic mass is 10.2. The summed E-state index contributed by atoms with van der Waals surface area (Å²) in [6.45, 7) is 1.77. The third-order valence-electron chi connectivity index (χ3n) is 1.96. The molecule has 0 saturated carbocycles. The van der Waals surface area contributed by atoms with E-state index in [1.54, 1.807) is 44.3 Å². The average molecular weight is 218 g/mol. The van der Waals surface area contributed by atoms with Crippen molar-refractivity contribution in [1.29, 1.82) is 0 Å². The summed E-state index contributed by atoms with van der Waals surface area (Å²) in [6.07, 6.45) is 3.10. The van der Waals surface area contributed by atoms with Gasteiger partial charge in [0.05, 0.1) is 0 Å². The first-order chi connectivity index (χ1) is 7.67. The molecule has 0 spiro atoms. The van der Waals surface area contributed by atoms with Gasteiger partial charge < -0.3 is 10.6 Å². The molecule has 0 aliphatic heterocycles. The fourth-order valence-corrected chi connectivity index (χ4v) is 1.18. The maximum Gasteiger partial charge on any atom is 0.251 e. The van der Waals surface area contributed by atoms with Gasteiger partial charge in [0.2, 0.25) is 5.91 Å². The monoisotopic (exact) mass is 218 g/mol. The van der Waals surface area contributed by atoms with E-state index >= 15 is 0 Å². The van der Waals surface area contributed by atoms with Crippen LogP contribution in [0.25, 0.3) is 0 Å². The molecular formula is C12H14N2O2. The summed E-state index contributed by atoms with van der Waals surface area (Å²) >= 11 is 0. The second-order valence-corrected chi connectivity index (χ2v) is 3.15. The van der Waals surface area contributed by atoms with Crippen molar-refractivity contribution in [1.82, 2.24) is 5.32 Å². The zero-order chi connectivity index (χ0) is 12.0. The molecule has 1 aromatic carbocycles. The van der Waals surface area contributed by atoms with Crippen molar-refractivity contribution in [3.63, 3.8) is 0 Å². The molecule has 0 atom stereocenters. The lowest BCUT2D eigenvalue weighted by Crippen LogP contribution is -2.17. The smallest absolute Gasteiger partial charge is 0.251 e. The quantitative estimate of drug-likeness (QED) is 0.756. The molecule has 0 unspecified atom stereocenters. The molecule has 1 rings (SSSR count). The van der Waals surface area contributed by atoms with Gasteiger partial charge in [0, 0.05) is 18.3 Å². The maximum absolute atomic E-state index is 11.2. The average Bonchev–Trinajstić information content (AvgIpc) is 2.29. The molecule has 2 amide bonds. The molecule has 4 nitrogen and oxygen atoms in total. The van der Waals surface area contributed by atoms with E-state index in [1.807, 2.05) is 0 Å². The van der Waals surface area contributed by atoms with Crippen LogP contribution in [0.2, 0.25) is 0 Å². The van der Waals surface area contributed by atoms with E-state index in [0.717, 1.165) is 0 Å². The van der Waals surface area contributed by atoms with E-state index < -0.39 is 0 Å². The number of rotatable bonds is 3. The zero-order valence-corrected chi connectivity index (χ0v) is 9.28. The summed E-state index contributed by atoms with van der Waals surface area (Å²) in [7, 11) is 1.57. The van der Waals surface area contributed by atoms with Crippen LogP contribution in [0, 0.1) is 0 Å². The van der Waals surface area contributed by atoms with Crippen molar-refractivity contribution in [2.75, 3.05) is 12.4 Å². The third-order valence-corrected chi connectivity index (χ3v) is 1.96. The Morgan fingerprint density at radius 3 is 2.31 bits per heavy atom. The maximum atomic E-state index is 11.2. The standard InChI is InChI=1S/C12H14N2O2/c1-3-4-11(15)14-10-7-5-9(6-8-10)12(16)13-2/h3-8H,1-2H3,(H,13,16)(H,14,15). The molecule has 0 aliphatic rings. The van der Waals surface area contributed by atoms with Crippen molar-refractivity contribution in [2.24, 2.45) is 0 Å². The van der Waals surface area contributed by atoms with Gasteiger partial charge in [-0.15, -0.1) is 0 Å². The number of allylic oxidation sites excluding steroid dienone is 1. The number of hydrogen-bond acceptors (Lipinski definition) is 2. The number of benzene rings is 1. The molecule has 1 aromatic rings. The number of carbonyl (C=O) groups is 2. The van der Waals surface area contributed by atoms with Gasteiger partial charge >= 0.3 is 0 Å². The predicted octanol–water partition coefficient (Wildman–Crippen LogP) is 1.56. The van der Waals surface area contributed by atoms with Gasteiger partial charge in [0.25, 0.3) is 5.91 Å². The number of carbonyl (C=O) groups excluding carboxylic acids is 2. The van der Waals surface area contributed by atoms with Crippen molar-refractivity contribution >= 4 is 17.5 Å². The Labute approximate surface area is 94.4 Å². The summed E-state index contributed by atoms with van der Waals surface area (Å²) in [5.74, 6) is -0.332. The SMILES string of the molecule is CC=CC(=O)Nc1ccc(C(=O)NC)cc1. The highest BCUT2D eigenvalue weighted by molar-refractivity contribution is 6.00. The Morgan fingerprint density at radius 2 is 1.81 bits per heavy atom. The van der Waals surface area contributed by atoms with Crippen LogP contribution < -0.4 is 10.6 Å². The van der Waals surface area contributed by atoms with E-state index in [9.17, 15) is 9.59 Å². The van der Waals surface area contributed by atoms with Crippen LogP contribution in [0.4, 0.5) is 5.69 Å². The minimum absolute atomic E-state index is 0.147. The fourth-order valence-electron chi connectivity index (χ4n) is 1.18. The molecule has 0 radical (unpaired) electrons. The number of hydrogen-bond donors (Lipinski definition) is 2. The van der Waals surface area contributed by atoms with Crippen LogP contribution in [-0.4, -0.2) is 18.9 Å². The summed E-state index contributed by atoms with van der Waals surface area (Å²) in [5.41, 5.74) is 1.22. The first-order valence-electron chi connectivity index (χ1n) is 4.93. The molecule has 16 heavy (non-hydrogen) atoms. The Kier molecular flexibility index (Phi) is 4.27. The van der Waals surface area contributed by atoms with Crippen LogP contribution >= 0.6 is 0 Å². The summed E-state index contributed by atoms with van der Waals surface area (Å²) in [5, 5.41) is 5.19. The van der Waals surface area contributed by atoms with Crippen LogP contribution in [0.5, 0.6) is 0 Å². The number of nitrogens with one attached hydrogen (secondary N) is 2. The van der Waals surface area contributed by atoms with Crippen LogP contribution in [0.1, 0.15) is 17.3 Å². The van der Waals surface area contributed by atoms with Gasteiger partial charge in [0.1, 0.15) is 0 Å². The summed E-state index contributed by atoms with van der Waals surface area (Å²) in [4.78, 5) is 22.5. The van der Waals surface area contributed by atoms with Crippen molar-refractivity contribution < 1.29 is 9.59 Å². The molecule has 0 fully saturated rings. The Hall–Kier alpha value is -2.10. The lowest BCUT2D eigenvalue weighted by molar-refractivity contribution is -0.111. The summed E-state index contributed by atoms with van der Waals surface area (Å²) in [6, 6.07) is 6.69. The topological polar surface area (TPSA) is 58.2 Å². The highest BCUT2D eigenvalue weighted by Gasteiger charge is 2.02. The lowest BCUT2D eigenvalue weighted by Gasteiger charge is -2.03. The van der Waals surface area contributed by atoms with E-state index in [2.05, 4.69) is 10.6 Å². The molecule has 0 aromatic heterocycles. The number of anilines is 1. The third kappa shape index (κ3) is 3.24. The largest absolute Gasteiger partial charge is 0.355 e. The highest BCUT2D eigenvalue weighted by atomic mass is 16.2.